The second-order valence-electron chi connectivity index (χ2n) is 4.99. The first-order valence-electron chi connectivity index (χ1n) is 6.96. The van der Waals surface area contributed by atoms with Gasteiger partial charge in [-0.15, -0.1) is 0 Å². The van der Waals surface area contributed by atoms with E-state index in [0.717, 1.165) is 26.2 Å². The van der Waals surface area contributed by atoms with Gasteiger partial charge in [0.2, 0.25) is 0 Å². The number of aryl methyl sites for hydroxylation is 1. The molecule has 1 atom stereocenters. The molecule has 24 heavy (non-hydrogen) atoms. The molecule has 0 aliphatic rings. The van der Waals surface area contributed by atoms with Crippen LogP contribution in [0.4, 0.5) is 10.7 Å². The van der Waals surface area contributed by atoms with E-state index in [1.807, 2.05) is 25.1 Å². The molecule has 2 aromatic rings. The summed E-state index contributed by atoms with van der Waals surface area (Å²) in [5, 5.41) is 17.6. The Hall–Kier alpha value is -2.01. The maximum absolute atomic E-state index is 12.0. The topological polar surface area (TPSA) is 96.6 Å². The van der Waals surface area contributed by atoms with Crippen LogP contribution in [-0.4, -0.2) is 23.1 Å². The lowest BCUT2D eigenvalue weighted by Crippen LogP contribution is -2.35. The molecule has 0 aliphatic carbocycles. The van der Waals surface area contributed by atoms with Crippen molar-refractivity contribution in [2.75, 3.05) is 5.32 Å². The summed E-state index contributed by atoms with van der Waals surface area (Å²) in [7, 11) is 0. The first-order chi connectivity index (χ1) is 11.4. The van der Waals surface area contributed by atoms with Gasteiger partial charge in [-0.25, -0.2) is 5.43 Å². The van der Waals surface area contributed by atoms with E-state index in [1.54, 1.807) is 13.0 Å². The van der Waals surface area contributed by atoms with Crippen LogP contribution in [0.25, 0.3) is 0 Å². The highest BCUT2D eigenvalue weighted by atomic mass is 127. The van der Waals surface area contributed by atoms with Crippen molar-refractivity contribution in [3.8, 4) is 0 Å². The zero-order valence-electron chi connectivity index (χ0n) is 12.9. The Morgan fingerprint density at radius 2 is 2.17 bits per heavy atom. The minimum atomic E-state index is -0.474. The summed E-state index contributed by atoms with van der Waals surface area (Å²) in [6, 6.07) is 8.41. The van der Waals surface area contributed by atoms with Crippen molar-refractivity contribution in [3.05, 3.63) is 54.5 Å². The molecule has 2 rings (SSSR count). The number of nitrogens with one attached hydrogen (secondary N) is 2. The van der Waals surface area contributed by atoms with Crippen LogP contribution < -0.4 is 10.7 Å². The monoisotopic (exact) mass is 458 g/mol. The molecule has 1 amide bonds. The molecule has 7 nitrogen and oxygen atoms in total. The molecule has 1 aromatic carbocycles. The molecular formula is C15H15IN4O3S. The lowest BCUT2D eigenvalue weighted by atomic mass is 10.2. The van der Waals surface area contributed by atoms with Crippen molar-refractivity contribution < 1.29 is 9.72 Å². The molecule has 0 spiro atoms. The third kappa shape index (κ3) is 4.99. The third-order valence-corrected chi connectivity index (χ3v) is 4.76. The number of nitro groups is 1. The van der Waals surface area contributed by atoms with Crippen LogP contribution in [0.2, 0.25) is 0 Å². The Kier molecular flexibility index (Phi) is 6.26. The molecule has 126 valence electrons. The molecule has 2 N–H and O–H groups in total. The van der Waals surface area contributed by atoms with E-state index < -0.39 is 11.0 Å². The fourth-order valence-corrected chi connectivity index (χ4v) is 3.19. The number of carbonyl (C=O) groups is 1. The van der Waals surface area contributed by atoms with Crippen molar-refractivity contribution in [3.63, 3.8) is 0 Å². The molecule has 0 radical (unpaired) electrons. The summed E-state index contributed by atoms with van der Waals surface area (Å²) in [5.74, 6) is -0.296. The Morgan fingerprint density at radius 1 is 1.42 bits per heavy atom. The van der Waals surface area contributed by atoms with E-state index in [-0.39, 0.29) is 10.9 Å². The van der Waals surface area contributed by atoms with Crippen molar-refractivity contribution in [1.82, 2.24) is 5.43 Å². The Labute approximate surface area is 156 Å². The summed E-state index contributed by atoms with van der Waals surface area (Å²) in [6.07, 6.45) is 1.39. The summed E-state index contributed by atoms with van der Waals surface area (Å²) >= 11 is 3.22. The van der Waals surface area contributed by atoms with Crippen LogP contribution in [-0.2, 0) is 4.79 Å². The predicted molar refractivity (Wildman–Crippen MR) is 104 cm³/mol. The molecule has 9 heteroatoms. The molecule has 0 bridgehead atoms. The lowest BCUT2D eigenvalue weighted by Gasteiger charge is -2.15. The SMILES string of the molecule is Cc1cc(I)ccc1NC(C)C(=O)N/N=C/c1ccc([N+](=O)[O-])s1. The van der Waals surface area contributed by atoms with E-state index in [0.29, 0.717) is 4.88 Å². The van der Waals surface area contributed by atoms with Crippen molar-refractivity contribution >= 4 is 56.7 Å². The van der Waals surface area contributed by atoms with Gasteiger partial charge in [-0.3, -0.25) is 14.9 Å². The van der Waals surface area contributed by atoms with Crippen LogP contribution in [0.3, 0.4) is 0 Å². The quantitative estimate of drug-likeness (QED) is 0.300. The molecule has 1 unspecified atom stereocenters. The van der Waals surface area contributed by atoms with Gasteiger partial charge in [-0.05, 0) is 66.3 Å². The highest BCUT2D eigenvalue weighted by Crippen LogP contribution is 2.22. The van der Waals surface area contributed by atoms with Gasteiger partial charge in [0, 0.05) is 15.3 Å². The number of amides is 1. The summed E-state index contributed by atoms with van der Waals surface area (Å²) in [4.78, 5) is 22.8. The maximum atomic E-state index is 12.0. The van der Waals surface area contributed by atoms with Crippen LogP contribution in [0.15, 0.2) is 35.4 Å². The van der Waals surface area contributed by atoms with Crippen molar-refractivity contribution in [2.45, 2.75) is 19.9 Å². The van der Waals surface area contributed by atoms with Gasteiger partial charge in [0.25, 0.3) is 5.91 Å². The minimum Gasteiger partial charge on any atom is -0.374 e. The summed E-state index contributed by atoms with van der Waals surface area (Å²) < 4.78 is 1.13. The van der Waals surface area contributed by atoms with Gasteiger partial charge in [-0.2, -0.15) is 5.10 Å². The van der Waals surface area contributed by atoms with Crippen LogP contribution >= 0.6 is 33.9 Å². The smallest absolute Gasteiger partial charge is 0.324 e. The Bertz CT molecular complexity index is 791. The number of nitrogens with zero attached hydrogens (tertiary/aromatic N) is 2. The number of hydrazone groups is 1. The Balaban J connectivity index is 1.91. The fraction of sp³-hybridized carbons (Fsp3) is 0.200. The largest absolute Gasteiger partial charge is 0.374 e. The molecule has 0 fully saturated rings. The van der Waals surface area contributed by atoms with Crippen LogP contribution in [0.5, 0.6) is 0 Å². The number of carbonyl (C=O) groups excluding carboxylic acids is 1. The number of thiophene rings is 1. The number of hydrogen-bond acceptors (Lipinski definition) is 6. The average Bonchev–Trinajstić information content (AvgIpc) is 2.99. The molecule has 0 saturated carbocycles. The zero-order valence-corrected chi connectivity index (χ0v) is 15.9. The van der Waals surface area contributed by atoms with Crippen LogP contribution in [0, 0.1) is 20.6 Å². The predicted octanol–water partition coefficient (Wildman–Crippen LogP) is 3.52. The van der Waals surface area contributed by atoms with E-state index in [4.69, 9.17) is 0 Å². The van der Waals surface area contributed by atoms with Gasteiger partial charge in [-0.1, -0.05) is 11.3 Å². The summed E-state index contributed by atoms with van der Waals surface area (Å²) in [5.41, 5.74) is 4.36. The standard InChI is InChI=1S/C15H15IN4O3S/c1-9-7-11(16)3-5-13(9)18-10(2)15(21)19-17-8-12-4-6-14(24-12)20(22)23/h3-8,10,18H,1-2H3,(H,19,21)/b17-8+. The average molecular weight is 458 g/mol. The van der Waals surface area contributed by atoms with Gasteiger partial charge in [0.15, 0.2) is 0 Å². The lowest BCUT2D eigenvalue weighted by molar-refractivity contribution is -0.380. The second kappa shape index (κ2) is 8.20. The third-order valence-electron chi connectivity index (χ3n) is 3.11. The van der Waals surface area contributed by atoms with E-state index in [1.165, 1.54) is 12.3 Å². The van der Waals surface area contributed by atoms with Gasteiger partial charge in [0.1, 0.15) is 6.04 Å². The zero-order chi connectivity index (χ0) is 17.7. The second-order valence-corrected chi connectivity index (χ2v) is 7.33. The minimum absolute atomic E-state index is 0.0343. The van der Waals surface area contributed by atoms with E-state index in [2.05, 4.69) is 38.4 Å². The molecule has 1 aromatic heterocycles. The first-order valence-corrected chi connectivity index (χ1v) is 8.86. The van der Waals surface area contributed by atoms with Crippen molar-refractivity contribution in [1.29, 1.82) is 0 Å². The number of benzene rings is 1. The normalized spacial score (nSPS) is 12.1. The van der Waals surface area contributed by atoms with Crippen LogP contribution in [0.1, 0.15) is 17.4 Å². The first kappa shape index (κ1) is 18.3. The van der Waals surface area contributed by atoms with E-state index >= 15 is 0 Å². The van der Waals surface area contributed by atoms with Gasteiger partial charge in [0.05, 0.1) is 16.0 Å². The Morgan fingerprint density at radius 3 is 2.79 bits per heavy atom. The molecule has 0 aliphatic heterocycles. The molecule has 0 saturated heterocycles. The van der Waals surface area contributed by atoms with Crippen molar-refractivity contribution in [2.24, 2.45) is 5.10 Å². The molecule has 1 heterocycles. The number of rotatable bonds is 6. The number of anilines is 1. The number of hydrogen-bond donors (Lipinski definition) is 2. The maximum Gasteiger partial charge on any atom is 0.324 e. The highest BCUT2D eigenvalue weighted by molar-refractivity contribution is 14.1. The van der Waals surface area contributed by atoms with Gasteiger partial charge < -0.3 is 5.32 Å². The number of halogens is 1. The highest BCUT2D eigenvalue weighted by Gasteiger charge is 2.13. The molecular weight excluding hydrogens is 443 g/mol. The van der Waals surface area contributed by atoms with E-state index in [9.17, 15) is 14.9 Å². The van der Waals surface area contributed by atoms with Gasteiger partial charge >= 0.3 is 5.00 Å². The summed E-state index contributed by atoms with van der Waals surface area (Å²) in [6.45, 7) is 3.70. The fourth-order valence-electron chi connectivity index (χ4n) is 1.85.